The Hall–Kier alpha value is -1.06. The number of rotatable bonds is 4. The Balaban J connectivity index is 2.45. The minimum atomic E-state index is 0.000741. The molecule has 4 nitrogen and oxygen atoms in total. The van der Waals surface area contributed by atoms with Crippen LogP contribution in [0.1, 0.15) is 13.8 Å². The summed E-state index contributed by atoms with van der Waals surface area (Å²) in [4.78, 5) is 25.1. The van der Waals surface area contributed by atoms with E-state index >= 15 is 0 Å². The van der Waals surface area contributed by atoms with Gasteiger partial charge >= 0.3 is 6.03 Å². The molecule has 0 aromatic heterocycles. The molecule has 2 amide bonds. The molecule has 0 saturated carbocycles. The minimum Gasteiger partial charge on any atom is -0.323 e. The lowest BCUT2D eigenvalue weighted by atomic mass is 10.2. The van der Waals surface area contributed by atoms with Gasteiger partial charge in [0.15, 0.2) is 0 Å². The number of urea groups is 1. The van der Waals surface area contributed by atoms with Gasteiger partial charge in [-0.05, 0) is 5.92 Å². The van der Waals surface area contributed by atoms with Crippen molar-refractivity contribution in [2.45, 2.75) is 13.8 Å². The summed E-state index contributed by atoms with van der Waals surface area (Å²) in [6.45, 7) is 6.61. The fourth-order valence-electron chi connectivity index (χ4n) is 1.50. The molecule has 1 aliphatic rings. The first-order valence-electron chi connectivity index (χ1n) is 4.62. The average molecular weight is 184 g/mol. The Kier molecular flexibility index (Phi) is 3.28. The minimum absolute atomic E-state index is 0.000741. The van der Waals surface area contributed by atoms with Crippen LogP contribution in [0.5, 0.6) is 0 Å². The van der Waals surface area contributed by atoms with Crippen LogP contribution < -0.4 is 0 Å². The molecule has 0 aromatic carbocycles. The highest BCUT2D eigenvalue weighted by Gasteiger charge is 2.27. The molecule has 0 unspecified atom stereocenters. The van der Waals surface area contributed by atoms with Crippen molar-refractivity contribution >= 4 is 12.3 Å². The quantitative estimate of drug-likeness (QED) is 0.600. The average Bonchev–Trinajstić information content (AvgIpc) is 2.36. The van der Waals surface area contributed by atoms with E-state index in [9.17, 15) is 9.59 Å². The lowest BCUT2D eigenvalue weighted by Crippen LogP contribution is -2.34. The molecule has 0 atom stereocenters. The second-order valence-electron chi connectivity index (χ2n) is 3.74. The molecule has 0 bridgehead atoms. The first-order valence-corrected chi connectivity index (χ1v) is 4.62. The van der Waals surface area contributed by atoms with Crippen LogP contribution in [-0.4, -0.2) is 48.3 Å². The number of hydrogen-bond acceptors (Lipinski definition) is 2. The maximum Gasteiger partial charge on any atom is 0.320 e. The van der Waals surface area contributed by atoms with Crippen LogP contribution in [0.25, 0.3) is 0 Å². The van der Waals surface area contributed by atoms with Crippen LogP contribution in [0.15, 0.2) is 0 Å². The largest absolute Gasteiger partial charge is 0.323 e. The second kappa shape index (κ2) is 4.25. The van der Waals surface area contributed by atoms with Crippen molar-refractivity contribution in [3.63, 3.8) is 0 Å². The zero-order chi connectivity index (χ0) is 9.84. The molecule has 1 rings (SSSR count). The Bertz CT molecular complexity index is 204. The fraction of sp³-hybridized carbons (Fsp3) is 0.778. The van der Waals surface area contributed by atoms with Gasteiger partial charge in [0, 0.05) is 19.6 Å². The Labute approximate surface area is 78.5 Å². The van der Waals surface area contributed by atoms with Gasteiger partial charge in [-0.25, -0.2) is 4.79 Å². The predicted octanol–water partition coefficient (Wildman–Crippen LogP) is 0.579. The summed E-state index contributed by atoms with van der Waals surface area (Å²) in [5.41, 5.74) is 0. The highest BCUT2D eigenvalue weighted by Crippen LogP contribution is 2.09. The Morgan fingerprint density at radius 1 is 1.38 bits per heavy atom. The summed E-state index contributed by atoms with van der Waals surface area (Å²) in [6.07, 6.45) is 0.775. The third-order valence-corrected chi connectivity index (χ3v) is 2.06. The molecule has 4 heteroatoms. The van der Waals surface area contributed by atoms with Crippen LogP contribution in [0, 0.1) is 5.92 Å². The summed E-state index contributed by atoms with van der Waals surface area (Å²) in [6, 6.07) is 0.000741. The van der Waals surface area contributed by atoms with E-state index in [-0.39, 0.29) is 12.6 Å². The maximum atomic E-state index is 11.5. The maximum absolute atomic E-state index is 11.5. The van der Waals surface area contributed by atoms with E-state index in [2.05, 4.69) is 13.8 Å². The van der Waals surface area contributed by atoms with Crippen LogP contribution in [0.4, 0.5) is 4.79 Å². The van der Waals surface area contributed by atoms with E-state index in [1.807, 2.05) is 0 Å². The zero-order valence-corrected chi connectivity index (χ0v) is 8.19. The Morgan fingerprint density at radius 3 is 2.54 bits per heavy atom. The van der Waals surface area contributed by atoms with Crippen LogP contribution in [0.3, 0.4) is 0 Å². The molecule has 1 heterocycles. The van der Waals surface area contributed by atoms with Crippen LogP contribution in [-0.2, 0) is 4.79 Å². The number of amides is 2. The van der Waals surface area contributed by atoms with Crippen molar-refractivity contribution in [3.05, 3.63) is 0 Å². The number of hydrogen-bond donors (Lipinski definition) is 0. The van der Waals surface area contributed by atoms with E-state index < -0.39 is 0 Å². The topological polar surface area (TPSA) is 40.6 Å². The van der Waals surface area contributed by atoms with E-state index in [0.29, 0.717) is 12.5 Å². The molecular formula is C9H16N2O2. The van der Waals surface area contributed by atoms with Crippen molar-refractivity contribution in [2.75, 3.05) is 26.2 Å². The van der Waals surface area contributed by atoms with E-state index in [1.165, 1.54) is 0 Å². The predicted molar refractivity (Wildman–Crippen MR) is 49.4 cm³/mol. The van der Waals surface area contributed by atoms with Gasteiger partial charge in [-0.1, -0.05) is 13.8 Å². The van der Waals surface area contributed by atoms with Gasteiger partial charge in [0.2, 0.25) is 0 Å². The molecule has 1 fully saturated rings. The third kappa shape index (κ3) is 2.44. The van der Waals surface area contributed by atoms with E-state index in [1.54, 1.807) is 9.80 Å². The normalized spacial score (nSPS) is 17.3. The molecule has 0 N–H and O–H groups in total. The highest BCUT2D eigenvalue weighted by molar-refractivity contribution is 5.78. The van der Waals surface area contributed by atoms with Gasteiger partial charge in [0.25, 0.3) is 0 Å². The molecule has 0 radical (unpaired) electrons. The molecule has 0 aliphatic carbocycles. The van der Waals surface area contributed by atoms with Crippen LogP contribution in [0.2, 0.25) is 0 Å². The molecule has 0 spiro atoms. The highest BCUT2D eigenvalue weighted by atomic mass is 16.2. The fourth-order valence-corrected chi connectivity index (χ4v) is 1.50. The lowest BCUT2D eigenvalue weighted by Gasteiger charge is -2.18. The number of aldehydes is 1. The monoisotopic (exact) mass is 184 g/mol. The van der Waals surface area contributed by atoms with Gasteiger partial charge in [-0.3, -0.25) is 0 Å². The SMILES string of the molecule is CC(C)CN1CCN(CC=O)C1=O. The van der Waals surface area contributed by atoms with Gasteiger partial charge in [-0.2, -0.15) is 0 Å². The van der Waals surface area contributed by atoms with Crippen molar-refractivity contribution in [2.24, 2.45) is 5.92 Å². The Morgan fingerprint density at radius 2 is 2.00 bits per heavy atom. The van der Waals surface area contributed by atoms with E-state index in [0.717, 1.165) is 19.4 Å². The van der Waals surface area contributed by atoms with Gasteiger partial charge in [-0.15, -0.1) is 0 Å². The molecule has 74 valence electrons. The molecule has 1 aliphatic heterocycles. The van der Waals surface area contributed by atoms with Gasteiger partial charge in [0.1, 0.15) is 6.29 Å². The standard InChI is InChI=1S/C9H16N2O2/c1-8(2)7-11-4-3-10(5-6-12)9(11)13/h6,8H,3-5,7H2,1-2H3. The molecular weight excluding hydrogens is 168 g/mol. The summed E-state index contributed by atoms with van der Waals surface area (Å²) in [5, 5.41) is 0. The number of nitrogens with zero attached hydrogens (tertiary/aromatic N) is 2. The summed E-state index contributed by atoms with van der Waals surface area (Å²) < 4.78 is 0. The first kappa shape index (κ1) is 10.0. The molecule has 13 heavy (non-hydrogen) atoms. The summed E-state index contributed by atoms with van der Waals surface area (Å²) >= 11 is 0. The summed E-state index contributed by atoms with van der Waals surface area (Å²) in [5.74, 6) is 0.486. The van der Waals surface area contributed by atoms with Gasteiger partial charge in [0.05, 0.1) is 6.54 Å². The van der Waals surface area contributed by atoms with Crippen molar-refractivity contribution in [3.8, 4) is 0 Å². The van der Waals surface area contributed by atoms with E-state index in [4.69, 9.17) is 0 Å². The van der Waals surface area contributed by atoms with Crippen molar-refractivity contribution in [1.82, 2.24) is 9.80 Å². The molecule has 1 saturated heterocycles. The van der Waals surface area contributed by atoms with Crippen LogP contribution >= 0.6 is 0 Å². The second-order valence-corrected chi connectivity index (χ2v) is 3.74. The van der Waals surface area contributed by atoms with Crippen molar-refractivity contribution < 1.29 is 9.59 Å². The smallest absolute Gasteiger partial charge is 0.320 e. The first-order chi connectivity index (χ1) is 6.15. The van der Waals surface area contributed by atoms with Crippen molar-refractivity contribution in [1.29, 1.82) is 0 Å². The summed E-state index contributed by atoms with van der Waals surface area (Å²) in [7, 11) is 0. The zero-order valence-electron chi connectivity index (χ0n) is 8.19. The molecule has 0 aromatic rings. The number of carbonyl (C=O) groups excluding carboxylic acids is 2. The lowest BCUT2D eigenvalue weighted by molar-refractivity contribution is -0.108. The third-order valence-electron chi connectivity index (χ3n) is 2.06. The van der Waals surface area contributed by atoms with Gasteiger partial charge < -0.3 is 14.6 Å². The number of carbonyl (C=O) groups is 2.